The molecule has 0 bridgehead atoms. The molecule has 152 valence electrons. The average molecular weight is 452 g/mol. The summed E-state index contributed by atoms with van der Waals surface area (Å²) in [5.74, 6) is 1.62. The van der Waals surface area contributed by atoms with E-state index in [1.807, 2.05) is 4.57 Å². The molecule has 1 atom stereocenters. The number of H-pyrrole nitrogens is 1. The van der Waals surface area contributed by atoms with Crippen molar-refractivity contribution < 1.29 is 8.42 Å². The molecule has 1 N–H and O–H groups in total. The molecular weight excluding hydrogens is 434 g/mol. The number of sulfone groups is 1. The highest BCUT2D eigenvalue weighted by atomic mass is 35.5. The maximum absolute atomic E-state index is 12.3. The number of aromatic nitrogens is 5. The second-order valence-electron chi connectivity index (χ2n) is 6.80. The zero-order valence-corrected chi connectivity index (χ0v) is 17.7. The first-order valence-corrected chi connectivity index (χ1v) is 12.1. The highest BCUT2D eigenvalue weighted by Crippen LogP contribution is 2.30. The smallest absolute Gasteiger partial charge is 0.258 e. The van der Waals surface area contributed by atoms with Crippen LogP contribution >= 0.6 is 23.4 Å². The molecule has 1 saturated heterocycles. The molecule has 0 saturated carbocycles. The maximum atomic E-state index is 12.3. The standard InChI is InChI=1S/C18H18ClN5O3S2/c1-2-6-24-16(11-5-7-29(26,27)10-11)22-23-18(24)28-9-15-20-14-8-12(19)3-4-13(14)17(25)21-15/h2-4,8,11H,1,5-7,9-10H2,(H,20,21,25)/t11-/m1/s1. The highest BCUT2D eigenvalue weighted by Gasteiger charge is 2.33. The second kappa shape index (κ2) is 7.92. The maximum Gasteiger partial charge on any atom is 0.258 e. The van der Waals surface area contributed by atoms with Gasteiger partial charge in [0.2, 0.25) is 0 Å². The van der Waals surface area contributed by atoms with E-state index < -0.39 is 9.84 Å². The van der Waals surface area contributed by atoms with E-state index in [1.165, 1.54) is 11.8 Å². The summed E-state index contributed by atoms with van der Waals surface area (Å²) in [7, 11) is -3.02. The molecule has 29 heavy (non-hydrogen) atoms. The molecule has 0 aliphatic carbocycles. The van der Waals surface area contributed by atoms with Gasteiger partial charge in [-0.25, -0.2) is 13.4 Å². The minimum atomic E-state index is -3.02. The number of aromatic amines is 1. The van der Waals surface area contributed by atoms with Gasteiger partial charge in [0, 0.05) is 17.5 Å². The number of hydrogen-bond donors (Lipinski definition) is 1. The minimum Gasteiger partial charge on any atom is -0.309 e. The number of nitrogens with zero attached hydrogens (tertiary/aromatic N) is 4. The fraction of sp³-hybridized carbons (Fsp3) is 0.333. The first kappa shape index (κ1) is 20.1. The zero-order chi connectivity index (χ0) is 20.6. The van der Waals surface area contributed by atoms with E-state index in [9.17, 15) is 13.2 Å². The summed E-state index contributed by atoms with van der Waals surface area (Å²) >= 11 is 7.37. The lowest BCUT2D eigenvalue weighted by atomic mass is 10.1. The Morgan fingerprint density at radius 3 is 2.93 bits per heavy atom. The number of nitrogens with one attached hydrogen (secondary N) is 1. The molecule has 0 radical (unpaired) electrons. The first-order valence-electron chi connectivity index (χ1n) is 8.92. The number of hydrogen-bond acceptors (Lipinski definition) is 7. The number of rotatable bonds is 6. The monoisotopic (exact) mass is 451 g/mol. The number of fused-ring (bicyclic) bond motifs is 1. The van der Waals surface area contributed by atoms with E-state index in [-0.39, 0.29) is 23.0 Å². The van der Waals surface area contributed by atoms with Crippen LogP contribution in [-0.4, -0.2) is 44.7 Å². The predicted molar refractivity (Wildman–Crippen MR) is 113 cm³/mol. The third-order valence-electron chi connectivity index (χ3n) is 4.71. The van der Waals surface area contributed by atoms with Crippen molar-refractivity contribution in [2.24, 2.45) is 0 Å². The van der Waals surface area contributed by atoms with Gasteiger partial charge in [-0.2, -0.15) is 0 Å². The molecule has 2 aromatic heterocycles. The molecule has 0 unspecified atom stereocenters. The van der Waals surface area contributed by atoms with E-state index >= 15 is 0 Å². The molecule has 3 heterocycles. The van der Waals surface area contributed by atoms with E-state index in [4.69, 9.17) is 11.6 Å². The van der Waals surface area contributed by atoms with Gasteiger partial charge in [-0.15, -0.1) is 16.8 Å². The van der Waals surface area contributed by atoms with Gasteiger partial charge in [-0.05, 0) is 24.6 Å². The molecule has 0 spiro atoms. The lowest BCUT2D eigenvalue weighted by Crippen LogP contribution is -2.12. The van der Waals surface area contributed by atoms with Crippen molar-refractivity contribution in [3.63, 3.8) is 0 Å². The minimum absolute atomic E-state index is 0.0905. The van der Waals surface area contributed by atoms with Crippen molar-refractivity contribution in [1.29, 1.82) is 0 Å². The number of halogens is 1. The molecule has 1 aliphatic rings. The average Bonchev–Trinajstić information content (AvgIpc) is 3.22. The number of allylic oxidation sites excluding steroid dienone is 1. The summed E-state index contributed by atoms with van der Waals surface area (Å²) in [6.07, 6.45) is 2.26. The van der Waals surface area contributed by atoms with Crippen LogP contribution in [0.3, 0.4) is 0 Å². The Morgan fingerprint density at radius 1 is 1.38 bits per heavy atom. The summed E-state index contributed by atoms with van der Waals surface area (Å²) in [4.78, 5) is 19.5. The van der Waals surface area contributed by atoms with Crippen molar-refractivity contribution in [3.8, 4) is 0 Å². The Hall–Kier alpha value is -2.17. The second-order valence-corrected chi connectivity index (χ2v) is 10.4. The van der Waals surface area contributed by atoms with Gasteiger partial charge >= 0.3 is 0 Å². The Bertz CT molecular complexity index is 1250. The van der Waals surface area contributed by atoms with Crippen molar-refractivity contribution in [3.05, 3.63) is 57.9 Å². The molecule has 8 nitrogen and oxygen atoms in total. The van der Waals surface area contributed by atoms with Gasteiger partial charge in [0.05, 0.1) is 28.2 Å². The van der Waals surface area contributed by atoms with Crippen LogP contribution < -0.4 is 5.56 Å². The number of thioether (sulfide) groups is 1. The van der Waals surface area contributed by atoms with Crippen molar-refractivity contribution in [2.75, 3.05) is 11.5 Å². The molecule has 1 aliphatic heterocycles. The summed E-state index contributed by atoms with van der Waals surface area (Å²) in [5.41, 5.74) is 0.299. The van der Waals surface area contributed by atoms with Gasteiger partial charge in [0.15, 0.2) is 15.0 Å². The fourth-order valence-electron chi connectivity index (χ4n) is 3.37. The van der Waals surface area contributed by atoms with E-state index in [0.717, 1.165) is 0 Å². The Morgan fingerprint density at radius 2 is 2.21 bits per heavy atom. The van der Waals surface area contributed by atoms with Crippen LogP contribution in [-0.2, 0) is 22.1 Å². The summed E-state index contributed by atoms with van der Waals surface area (Å²) in [5, 5.41) is 10.1. The van der Waals surface area contributed by atoms with Gasteiger partial charge in [0.1, 0.15) is 11.6 Å². The van der Waals surface area contributed by atoms with E-state index in [2.05, 4.69) is 26.7 Å². The molecule has 1 fully saturated rings. The van der Waals surface area contributed by atoms with Crippen molar-refractivity contribution in [1.82, 2.24) is 24.7 Å². The summed E-state index contributed by atoms with van der Waals surface area (Å²) in [6, 6.07) is 4.94. The van der Waals surface area contributed by atoms with Gasteiger partial charge in [-0.3, -0.25) is 4.79 Å². The molecule has 0 amide bonds. The summed E-state index contributed by atoms with van der Waals surface area (Å²) < 4.78 is 25.5. The Balaban J connectivity index is 1.59. The topological polar surface area (TPSA) is 111 Å². The molecule has 3 aromatic rings. The SMILES string of the molecule is C=CCn1c(SCc2nc3cc(Cl)ccc3c(=O)[nH]2)nnc1[C@@H]1CCS(=O)(=O)C1. The Kier molecular flexibility index (Phi) is 5.50. The van der Waals surface area contributed by atoms with E-state index in [0.29, 0.717) is 51.4 Å². The highest BCUT2D eigenvalue weighted by molar-refractivity contribution is 7.98. The van der Waals surface area contributed by atoms with Crippen LogP contribution in [0.25, 0.3) is 10.9 Å². The fourth-order valence-corrected chi connectivity index (χ4v) is 6.10. The van der Waals surface area contributed by atoms with Gasteiger partial charge in [-0.1, -0.05) is 29.4 Å². The van der Waals surface area contributed by atoms with Crippen LogP contribution in [0.4, 0.5) is 0 Å². The van der Waals surface area contributed by atoms with Crippen LogP contribution in [0.2, 0.25) is 5.02 Å². The molecular formula is C18H18ClN5O3S2. The van der Waals surface area contributed by atoms with Crippen LogP contribution in [0, 0.1) is 0 Å². The molecule has 1 aromatic carbocycles. The first-order chi connectivity index (χ1) is 13.9. The largest absolute Gasteiger partial charge is 0.309 e. The van der Waals surface area contributed by atoms with Crippen molar-refractivity contribution in [2.45, 2.75) is 29.8 Å². The van der Waals surface area contributed by atoms with Crippen molar-refractivity contribution >= 4 is 44.1 Å². The normalized spacial score (nSPS) is 18.3. The molecule has 4 rings (SSSR count). The van der Waals surface area contributed by atoms with Crippen LogP contribution in [0.1, 0.15) is 24.0 Å². The third kappa shape index (κ3) is 4.24. The number of benzene rings is 1. The summed E-state index contributed by atoms with van der Waals surface area (Å²) in [6.45, 7) is 4.24. The quantitative estimate of drug-likeness (QED) is 0.452. The van der Waals surface area contributed by atoms with Crippen LogP contribution in [0.15, 0.2) is 40.8 Å². The van der Waals surface area contributed by atoms with Gasteiger partial charge < -0.3 is 9.55 Å². The lowest BCUT2D eigenvalue weighted by molar-refractivity contribution is 0.597. The lowest BCUT2D eigenvalue weighted by Gasteiger charge is -2.11. The van der Waals surface area contributed by atoms with E-state index in [1.54, 1.807) is 24.3 Å². The van der Waals surface area contributed by atoms with Crippen LogP contribution in [0.5, 0.6) is 0 Å². The Labute approximate surface area is 176 Å². The molecule has 11 heteroatoms. The predicted octanol–water partition coefficient (Wildman–Crippen LogP) is 2.55. The van der Waals surface area contributed by atoms with Gasteiger partial charge in [0.25, 0.3) is 5.56 Å². The third-order valence-corrected chi connectivity index (χ3v) is 7.69. The zero-order valence-electron chi connectivity index (χ0n) is 15.3.